The van der Waals surface area contributed by atoms with Crippen molar-refractivity contribution >= 4 is 11.4 Å². The zero-order valence-corrected chi connectivity index (χ0v) is 10.3. The van der Waals surface area contributed by atoms with Crippen LogP contribution in [0, 0.1) is 5.92 Å². The fraction of sp³-hybridized carbons (Fsp3) is 0.500. The van der Waals surface area contributed by atoms with Crippen LogP contribution in [0.15, 0.2) is 18.2 Å². The second-order valence-electron chi connectivity index (χ2n) is 4.39. The molecule has 102 valence electrons. The van der Waals surface area contributed by atoms with Crippen LogP contribution >= 0.6 is 0 Å². The average Bonchev–Trinajstić information content (AvgIpc) is 2.29. The molecule has 0 amide bonds. The van der Waals surface area contributed by atoms with Crippen LogP contribution in [-0.4, -0.2) is 17.8 Å². The van der Waals surface area contributed by atoms with E-state index >= 15 is 0 Å². The predicted octanol–water partition coefficient (Wildman–Crippen LogP) is 2.72. The lowest BCUT2D eigenvalue weighted by Gasteiger charge is -2.22. The van der Waals surface area contributed by atoms with Crippen LogP contribution in [0.4, 0.5) is 24.5 Å². The van der Waals surface area contributed by atoms with Gasteiger partial charge >= 0.3 is 6.18 Å². The molecule has 2 unspecified atom stereocenters. The number of nitrogens with two attached hydrogens (primary N) is 1. The molecule has 0 aliphatic carbocycles. The smallest absolute Gasteiger partial charge is 0.397 e. The van der Waals surface area contributed by atoms with Crippen molar-refractivity contribution < 1.29 is 18.3 Å². The number of benzene rings is 1. The summed E-state index contributed by atoms with van der Waals surface area (Å²) in [6.07, 6.45) is -4.39. The van der Waals surface area contributed by atoms with E-state index in [0.29, 0.717) is 5.69 Å². The number of rotatable bonds is 4. The van der Waals surface area contributed by atoms with Crippen molar-refractivity contribution in [3.05, 3.63) is 23.8 Å². The molecular formula is C12H17F3N2O. The van der Waals surface area contributed by atoms with Crippen molar-refractivity contribution in [1.82, 2.24) is 0 Å². The van der Waals surface area contributed by atoms with Crippen LogP contribution in [0.3, 0.4) is 0 Å². The van der Waals surface area contributed by atoms with Gasteiger partial charge in [-0.3, -0.25) is 0 Å². The van der Waals surface area contributed by atoms with Gasteiger partial charge in [0.1, 0.15) is 0 Å². The zero-order valence-electron chi connectivity index (χ0n) is 10.3. The maximum atomic E-state index is 12.4. The van der Waals surface area contributed by atoms with Crippen molar-refractivity contribution in [3.63, 3.8) is 0 Å². The molecule has 0 aliphatic rings. The number of nitrogen functional groups attached to an aromatic ring is 1. The third-order valence-electron chi connectivity index (χ3n) is 2.90. The van der Waals surface area contributed by atoms with Gasteiger partial charge in [0, 0.05) is 12.6 Å². The van der Waals surface area contributed by atoms with Gasteiger partial charge in [0.05, 0.1) is 16.9 Å². The van der Waals surface area contributed by atoms with Gasteiger partial charge in [-0.1, -0.05) is 6.92 Å². The number of aliphatic hydroxyl groups is 1. The summed E-state index contributed by atoms with van der Waals surface area (Å²) in [7, 11) is 0. The highest BCUT2D eigenvalue weighted by Crippen LogP contribution is 2.33. The fourth-order valence-corrected chi connectivity index (χ4v) is 1.42. The summed E-state index contributed by atoms with van der Waals surface area (Å²) in [5.41, 5.74) is 5.30. The Hall–Kier alpha value is -1.43. The standard InChI is InChI=1S/C12H17F3N2O/c1-7(6-18)8(2)17-11-4-3-9(5-10(11)16)12(13,14)15/h3-5,7-8,17-18H,6,16H2,1-2H3. The van der Waals surface area contributed by atoms with Crippen molar-refractivity contribution in [3.8, 4) is 0 Å². The minimum Gasteiger partial charge on any atom is -0.397 e. The number of aliphatic hydroxyl groups excluding tert-OH is 1. The Balaban J connectivity index is 2.87. The lowest BCUT2D eigenvalue weighted by Crippen LogP contribution is -2.26. The van der Waals surface area contributed by atoms with E-state index in [1.165, 1.54) is 6.07 Å². The van der Waals surface area contributed by atoms with Gasteiger partial charge < -0.3 is 16.2 Å². The summed E-state index contributed by atoms with van der Waals surface area (Å²) >= 11 is 0. The van der Waals surface area contributed by atoms with E-state index in [9.17, 15) is 13.2 Å². The summed E-state index contributed by atoms with van der Waals surface area (Å²) in [6.45, 7) is 3.66. The Morgan fingerprint density at radius 2 is 1.94 bits per heavy atom. The molecule has 18 heavy (non-hydrogen) atoms. The van der Waals surface area contributed by atoms with E-state index in [0.717, 1.165) is 12.1 Å². The largest absolute Gasteiger partial charge is 0.416 e. The van der Waals surface area contributed by atoms with E-state index < -0.39 is 11.7 Å². The van der Waals surface area contributed by atoms with Gasteiger partial charge in [-0.05, 0) is 31.0 Å². The minimum absolute atomic E-state index is 0.00525. The molecule has 6 heteroatoms. The molecular weight excluding hydrogens is 245 g/mol. The molecule has 1 aromatic carbocycles. The predicted molar refractivity (Wildman–Crippen MR) is 65.2 cm³/mol. The number of halogens is 3. The third kappa shape index (κ3) is 3.53. The van der Waals surface area contributed by atoms with Gasteiger partial charge in [0.2, 0.25) is 0 Å². The highest BCUT2D eigenvalue weighted by atomic mass is 19.4. The van der Waals surface area contributed by atoms with E-state index in [2.05, 4.69) is 5.32 Å². The minimum atomic E-state index is -4.39. The van der Waals surface area contributed by atoms with Crippen LogP contribution in [-0.2, 0) is 6.18 Å². The molecule has 0 heterocycles. The molecule has 0 radical (unpaired) electrons. The van der Waals surface area contributed by atoms with Crippen LogP contribution in [0.5, 0.6) is 0 Å². The molecule has 2 atom stereocenters. The van der Waals surface area contributed by atoms with Gasteiger partial charge in [-0.15, -0.1) is 0 Å². The Bertz CT molecular complexity index is 407. The quantitative estimate of drug-likeness (QED) is 0.731. The first-order chi connectivity index (χ1) is 8.25. The lowest BCUT2D eigenvalue weighted by molar-refractivity contribution is -0.137. The summed E-state index contributed by atoms with van der Waals surface area (Å²) in [6, 6.07) is 3.10. The van der Waals surface area contributed by atoms with E-state index in [1.54, 1.807) is 0 Å². The number of hydrogen-bond acceptors (Lipinski definition) is 3. The first-order valence-electron chi connectivity index (χ1n) is 5.59. The first-order valence-corrected chi connectivity index (χ1v) is 5.59. The zero-order chi connectivity index (χ0) is 13.9. The Morgan fingerprint density at radius 3 is 2.39 bits per heavy atom. The lowest BCUT2D eigenvalue weighted by atomic mass is 10.0. The molecule has 3 nitrogen and oxygen atoms in total. The third-order valence-corrected chi connectivity index (χ3v) is 2.90. The van der Waals surface area contributed by atoms with Crippen molar-refractivity contribution in [2.45, 2.75) is 26.1 Å². The normalized spacial score (nSPS) is 15.2. The molecule has 0 saturated carbocycles. The second kappa shape index (κ2) is 5.48. The molecule has 0 fully saturated rings. The molecule has 4 N–H and O–H groups in total. The number of anilines is 2. The van der Waals surface area contributed by atoms with Crippen LogP contribution in [0.25, 0.3) is 0 Å². The maximum Gasteiger partial charge on any atom is 0.416 e. The molecule has 0 aromatic heterocycles. The van der Waals surface area contributed by atoms with Crippen LogP contribution in [0.1, 0.15) is 19.4 Å². The molecule has 1 aromatic rings. The van der Waals surface area contributed by atoms with E-state index in [-0.39, 0.29) is 24.3 Å². The second-order valence-corrected chi connectivity index (χ2v) is 4.39. The summed E-state index contributed by atoms with van der Waals surface area (Å²) in [4.78, 5) is 0. The fourth-order valence-electron chi connectivity index (χ4n) is 1.42. The Labute approximate surface area is 104 Å². The monoisotopic (exact) mass is 262 g/mol. The van der Waals surface area contributed by atoms with Gasteiger partial charge in [0.25, 0.3) is 0 Å². The highest BCUT2D eigenvalue weighted by molar-refractivity contribution is 5.67. The molecule has 0 bridgehead atoms. The van der Waals surface area contributed by atoms with Crippen LogP contribution < -0.4 is 11.1 Å². The number of hydrogen-bond donors (Lipinski definition) is 3. The molecule has 0 aliphatic heterocycles. The summed E-state index contributed by atoms with van der Waals surface area (Å²) in [5, 5.41) is 12.0. The van der Waals surface area contributed by atoms with Crippen LogP contribution in [0.2, 0.25) is 0 Å². The molecule has 0 saturated heterocycles. The van der Waals surface area contributed by atoms with Crippen molar-refractivity contribution in [2.24, 2.45) is 5.92 Å². The summed E-state index contributed by atoms with van der Waals surface area (Å²) < 4.78 is 37.3. The highest BCUT2D eigenvalue weighted by Gasteiger charge is 2.30. The Morgan fingerprint density at radius 1 is 1.33 bits per heavy atom. The number of nitrogens with one attached hydrogen (secondary N) is 1. The first kappa shape index (κ1) is 14.6. The van der Waals surface area contributed by atoms with Gasteiger partial charge in [0.15, 0.2) is 0 Å². The van der Waals surface area contributed by atoms with Gasteiger partial charge in [-0.25, -0.2) is 0 Å². The van der Waals surface area contributed by atoms with Crippen molar-refractivity contribution in [2.75, 3.05) is 17.7 Å². The number of alkyl halides is 3. The molecule has 0 spiro atoms. The summed E-state index contributed by atoms with van der Waals surface area (Å²) in [5.74, 6) is -0.0216. The van der Waals surface area contributed by atoms with Gasteiger partial charge in [-0.2, -0.15) is 13.2 Å². The van der Waals surface area contributed by atoms with E-state index in [1.807, 2.05) is 13.8 Å². The van der Waals surface area contributed by atoms with E-state index in [4.69, 9.17) is 10.8 Å². The molecule has 1 rings (SSSR count). The van der Waals surface area contributed by atoms with Crippen molar-refractivity contribution in [1.29, 1.82) is 0 Å². The average molecular weight is 262 g/mol. The Kier molecular flexibility index (Phi) is 4.45. The SMILES string of the molecule is CC(CO)C(C)Nc1ccc(C(F)(F)F)cc1N. The maximum absolute atomic E-state index is 12.4. The topological polar surface area (TPSA) is 58.3 Å².